The summed E-state index contributed by atoms with van der Waals surface area (Å²) in [5.41, 5.74) is 2.22. The second-order valence-electron chi connectivity index (χ2n) is 3.74. The second kappa shape index (κ2) is 6.23. The summed E-state index contributed by atoms with van der Waals surface area (Å²) in [6.07, 6.45) is 0.971. The summed E-state index contributed by atoms with van der Waals surface area (Å²) in [5.74, 6) is 0. The zero-order chi connectivity index (χ0) is 12.1. The molecule has 0 amide bonds. The number of hydrogen-bond donors (Lipinski definition) is 1. The highest BCUT2D eigenvalue weighted by molar-refractivity contribution is 9.10. The standard InChI is InChI=1S/C12H14BrN3S/c1-9-15-11(8-17-9)5-6-14-7-10-3-2-4-12(13)16-10/h2-4,8,14H,5-7H2,1H3. The number of nitrogens with one attached hydrogen (secondary N) is 1. The minimum absolute atomic E-state index is 0.794. The number of aromatic nitrogens is 2. The van der Waals surface area contributed by atoms with E-state index in [2.05, 4.69) is 36.6 Å². The number of hydrogen-bond acceptors (Lipinski definition) is 4. The third kappa shape index (κ3) is 4.18. The van der Waals surface area contributed by atoms with E-state index in [1.165, 1.54) is 5.69 Å². The van der Waals surface area contributed by atoms with Crippen LogP contribution in [0.1, 0.15) is 16.4 Å². The van der Waals surface area contributed by atoms with Gasteiger partial charge in [0.1, 0.15) is 4.60 Å². The van der Waals surface area contributed by atoms with Gasteiger partial charge in [0.05, 0.1) is 16.4 Å². The summed E-state index contributed by atoms with van der Waals surface area (Å²) in [7, 11) is 0. The minimum atomic E-state index is 0.794. The molecule has 0 radical (unpaired) electrons. The van der Waals surface area contributed by atoms with E-state index in [1.807, 2.05) is 25.1 Å². The van der Waals surface area contributed by atoms with Crippen LogP contribution in [0.3, 0.4) is 0 Å². The Labute approximate surface area is 113 Å². The predicted molar refractivity (Wildman–Crippen MR) is 74.2 cm³/mol. The maximum atomic E-state index is 4.42. The number of rotatable bonds is 5. The Morgan fingerprint density at radius 2 is 2.18 bits per heavy atom. The van der Waals surface area contributed by atoms with E-state index in [0.717, 1.165) is 34.8 Å². The summed E-state index contributed by atoms with van der Waals surface area (Å²) in [6, 6.07) is 5.95. The number of thiazole rings is 1. The smallest absolute Gasteiger partial charge is 0.106 e. The molecule has 2 aromatic rings. The van der Waals surface area contributed by atoms with Gasteiger partial charge in [-0.2, -0.15) is 0 Å². The van der Waals surface area contributed by atoms with Crippen LogP contribution in [0.2, 0.25) is 0 Å². The van der Waals surface area contributed by atoms with Crippen molar-refractivity contribution >= 4 is 27.3 Å². The van der Waals surface area contributed by atoms with E-state index in [1.54, 1.807) is 11.3 Å². The summed E-state index contributed by atoms with van der Waals surface area (Å²) >= 11 is 5.07. The van der Waals surface area contributed by atoms with Gasteiger partial charge < -0.3 is 5.32 Å². The maximum Gasteiger partial charge on any atom is 0.106 e. The highest BCUT2D eigenvalue weighted by atomic mass is 79.9. The fourth-order valence-corrected chi connectivity index (χ4v) is 2.53. The molecule has 17 heavy (non-hydrogen) atoms. The summed E-state index contributed by atoms with van der Waals surface area (Å²) in [4.78, 5) is 8.79. The summed E-state index contributed by atoms with van der Waals surface area (Å²) in [5, 5.41) is 6.62. The van der Waals surface area contributed by atoms with Gasteiger partial charge in [-0.25, -0.2) is 9.97 Å². The van der Waals surface area contributed by atoms with Crippen LogP contribution in [0.4, 0.5) is 0 Å². The van der Waals surface area contributed by atoms with E-state index in [0.29, 0.717) is 0 Å². The SMILES string of the molecule is Cc1nc(CCNCc2cccc(Br)n2)cs1. The van der Waals surface area contributed by atoms with Crippen molar-refractivity contribution in [1.82, 2.24) is 15.3 Å². The van der Waals surface area contributed by atoms with Gasteiger partial charge in [0, 0.05) is 24.9 Å². The van der Waals surface area contributed by atoms with Crippen molar-refractivity contribution in [3.8, 4) is 0 Å². The molecule has 0 aliphatic rings. The Bertz CT molecular complexity index is 484. The summed E-state index contributed by atoms with van der Waals surface area (Å²) in [6.45, 7) is 3.76. The predicted octanol–water partition coefficient (Wildman–Crippen LogP) is 2.94. The molecule has 0 aliphatic heterocycles. The zero-order valence-corrected chi connectivity index (χ0v) is 12.0. The Kier molecular flexibility index (Phi) is 4.65. The lowest BCUT2D eigenvalue weighted by Gasteiger charge is -2.03. The van der Waals surface area contributed by atoms with Crippen molar-refractivity contribution in [1.29, 1.82) is 0 Å². The Morgan fingerprint density at radius 1 is 1.29 bits per heavy atom. The molecule has 0 atom stereocenters. The average Bonchev–Trinajstić information content (AvgIpc) is 2.71. The van der Waals surface area contributed by atoms with Crippen LogP contribution in [0.15, 0.2) is 28.2 Å². The molecule has 0 bridgehead atoms. The molecule has 2 rings (SSSR count). The van der Waals surface area contributed by atoms with Gasteiger partial charge in [0.25, 0.3) is 0 Å². The van der Waals surface area contributed by atoms with Crippen LogP contribution in [0, 0.1) is 6.92 Å². The highest BCUT2D eigenvalue weighted by Crippen LogP contribution is 2.08. The number of pyridine rings is 1. The van der Waals surface area contributed by atoms with Crippen molar-refractivity contribution in [3.05, 3.63) is 44.6 Å². The van der Waals surface area contributed by atoms with Crippen molar-refractivity contribution in [3.63, 3.8) is 0 Å². The van der Waals surface area contributed by atoms with E-state index in [-0.39, 0.29) is 0 Å². The van der Waals surface area contributed by atoms with Gasteiger partial charge in [-0.3, -0.25) is 0 Å². The molecule has 0 saturated heterocycles. The van der Waals surface area contributed by atoms with E-state index in [9.17, 15) is 0 Å². The normalized spacial score (nSPS) is 10.7. The molecule has 0 aliphatic carbocycles. The quantitative estimate of drug-likeness (QED) is 0.681. The van der Waals surface area contributed by atoms with Crippen LogP contribution in [-0.4, -0.2) is 16.5 Å². The van der Waals surface area contributed by atoms with Gasteiger partial charge in [-0.05, 0) is 35.0 Å². The maximum absolute atomic E-state index is 4.42. The monoisotopic (exact) mass is 311 g/mol. The average molecular weight is 312 g/mol. The Hall–Kier alpha value is -0.780. The minimum Gasteiger partial charge on any atom is -0.311 e. The largest absolute Gasteiger partial charge is 0.311 e. The highest BCUT2D eigenvalue weighted by Gasteiger charge is 1.99. The summed E-state index contributed by atoms with van der Waals surface area (Å²) < 4.78 is 0.881. The third-order valence-corrected chi connectivity index (χ3v) is 3.57. The zero-order valence-electron chi connectivity index (χ0n) is 9.61. The van der Waals surface area contributed by atoms with Crippen LogP contribution in [-0.2, 0) is 13.0 Å². The van der Waals surface area contributed by atoms with Crippen molar-refractivity contribution < 1.29 is 0 Å². The van der Waals surface area contributed by atoms with Gasteiger partial charge in [0.2, 0.25) is 0 Å². The fourth-order valence-electron chi connectivity index (χ4n) is 1.50. The van der Waals surface area contributed by atoms with E-state index in [4.69, 9.17) is 0 Å². The van der Waals surface area contributed by atoms with Crippen molar-refractivity contribution in [2.75, 3.05) is 6.54 Å². The van der Waals surface area contributed by atoms with Crippen LogP contribution in [0.5, 0.6) is 0 Å². The van der Waals surface area contributed by atoms with E-state index >= 15 is 0 Å². The van der Waals surface area contributed by atoms with Gasteiger partial charge >= 0.3 is 0 Å². The topological polar surface area (TPSA) is 37.8 Å². The van der Waals surface area contributed by atoms with Gasteiger partial charge in [-0.15, -0.1) is 11.3 Å². The molecule has 0 aromatic carbocycles. The number of nitrogens with zero attached hydrogens (tertiary/aromatic N) is 2. The van der Waals surface area contributed by atoms with Crippen LogP contribution in [0.25, 0.3) is 0 Å². The van der Waals surface area contributed by atoms with Crippen molar-refractivity contribution in [2.24, 2.45) is 0 Å². The molecule has 2 heterocycles. The Morgan fingerprint density at radius 3 is 2.88 bits per heavy atom. The lowest BCUT2D eigenvalue weighted by Crippen LogP contribution is -2.17. The first kappa shape index (κ1) is 12.7. The molecule has 3 nitrogen and oxygen atoms in total. The first-order valence-electron chi connectivity index (χ1n) is 5.47. The third-order valence-electron chi connectivity index (χ3n) is 2.30. The molecule has 0 spiro atoms. The Balaban J connectivity index is 1.73. The fraction of sp³-hybridized carbons (Fsp3) is 0.333. The molecule has 5 heteroatoms. The van der Waals surface area contributed by atoms with Crippen LogP contribution >= 0.6 is 27.3 Å². The molecule has 0 unspecified atom stereocenters. The molecular weight excluding hydrogens is 298 g/mol. The molecule has 90 valence electrons. The molecule has 0 fully saturated rings. The van der Waals surface area contributed by atoms with Gasteiger partial charge in [-0.1, -0.05) is 6.07 Å². The molecule has 0 saturated carbocycles. The lowest BCUT2D eigenvalue weighted by molar-refractivity contribution is 0.668. The molecule has 2 aromatic heterocycles. The first-order chi connectivity index (χ1) is 8.24. The number of aryl methyl sites for hydroxylation is 1. The van der Waals surface area contributed by atoms with Gasteiger partial charge in [0.15, 0.2) is 0 Å². The lowest BCUT2D eigenvalue weighted by atomic mass is 10.3. The first-order valence-corrected chi connectivity index (χ1v) is 7.14. The van der Waals surface area contributed by atoms with Crippen molar-refractivity contribution in [2.45, 2.75) is 19.9 Å². The second-order valence-corrected chi connectivity index (χ2v) is 5.61. The number of halogens is 1. The van der Waals surface area contributed by atoms with E-state index < -0.39 is 0 Å². The molecule has 1 N–H and O–H groups in total. The molecular formula is C12H14BrN3S. The van der Waals surface area contributed by atoms with Crippen LogP contribution < -0.4 is 5.32 Å².